The van der Waals surface area contributed by atoms with E-state index in [9.17, 15) is 9.59 Å². The summed E-state index contributed by atoms with van der Waals surface area (Å²) < 4.78 is 0. The average Bonchev–Trinajstić information content (AvgIpc) is 2.43. The van der Waals surface area contributed by atoms with Crippen LogP contribution in [0.1, 0.15) is 37.8 Å². The van der Waals surface area contributed by atoms with E-state index in [0.29, 0.717) is 19.4 Å². The summed E-state index contributed by atoms with van der Waals surface area (Å²) in [6.07, 6.45) is 4.76. The Bertz CT molecular complexity index is 516. The molecule has 108 valence electrons. The summed E-state index contributed by atoms with van der Waals surface area (Å²) >= 11 is 0. The van der Waals surface area contributed by atoms with Crippen LogP contribution in [-0.4, -0.2) is 33.8 Å². The number of pyridine rings is 1. The molecule has 1 saturated heterocycles. The molecule has 20 heavy (non-hydrogen) atoms. The summed E-state index contributed by atoms with van der Waals surface area (Å²) in [5, 5.41) is 2.80. The third kappa shape index (κ3) is 2.81. The molecule has 0 radical (unpaired) electrons. The normalized spacial score (nSPS) is 22.9. The van der Waals surface area contributed by atoms with Gasteiger partial charge >= 0.3 is 0 Å². The lowest BCUT2D eigenvalue weighted by Crippen LogP contribution is -2.62. The third-order valence-electron chi connectivity index (χ3n) is 3.66. The Kier molecular flexibility index (Phi) is 4.37. The second-order valence-corrected chi connectivity index (χ2v) is 5.23. The predicted molar refractivity (Wildman–Crippen MR) is 75.8 cm³/mol. The first kappa shape index (κ1) is 14.5. The lowest BCUT2D eigenvalue weighted by atomic mass is 10.0. The number of nitrogens with zero attached hydrogens (tertiary/aromatic N) is 2. The minimum Gasteiger partial charge on any atom is -0.343 e. The van der Waals surface area contributed by atoms with Crippen molar-refractivity contribution in [1.29, 1.82) is 0 Å². The van der Waals surface area contributed by atoms with Crippen molar-refractivity contribution in [2.75, 3.05) is 0 Å². The quantitative estimate of drug-likeness (QED) is 0.903. The van der Waals surface area contributed by atoms with Crippen molar-refractivity contribution in [3.63, 3.8) is 0 Å². The van der Waals surface area contributed by atoms with E-state index in [4.69, 9.17) is 0 Å². The maximum absolute atomic E-state index is 12.5. The van der Waals surface area contributed by atoms with E-state index >= 15 is 0 Å². The summed E-state index contributed by atoms with van der Waals surface area (Å²) in [6.45, 7) is 6.23. The molecule has 1 aliphatic heterocycles. The smallest absolute Gasteiger partial charge is 0.246 e. The van der Waals surface area contributed by atoms with E-state index in [-0.39, 0.29) is 17.9 Å². The molecule has 2 amide bonds. The fraction of sp³-hybridized carbons (Fsp3) is 0.533. The molecule has 1 aliphatic rings. The monoisotopic (exact) mass is 275 g/mol. The number of carbonyl (C=O) groups excluding carboxylic acids is 2. The highest BCUT2D eigenvalue weighted by Gasteiger charge is 2.38. The van der Waals surface area contributed by atoms with Crippen LogP contribution in [0.5, 0.6) is 0 Å². The molecule has 0 bridgehead atoms. The van der Waals surface area contributed by atoms with E-state index in [1.165, 1.54) is 0 Å². The van der Waals surface area contributed by atoms with E-state index in [1.54, 1.807) is 17.3 Å². The SMILES string of the molecule is CCC1NC(=O)C(CC)N(Cc2cncc(C)c2)C1=O. The van der Waals surface area contributed by atoms with Crippen LogP contribution in [0.15, 0.2) is 18.5 Å². The van der Waals surface area contributed by atoms with Gasteiger partial charge in [0.2, 0.25) is 11.8 Å². The van der Waals surface area contributed by atoms with Gasteiger partial charge in [-0.15, -0.1) is 0 Å². The Morgan fingerprint density at radius 2 is 2.00 bits per heavy atom. The number of piperazine rings is 1. The van der Waals surface area contributed by atoms with Crippen LogP contribution in [-0.2, 0) is 16.1 Å². The van der Waals surface area contributed by atoms with Crippen LogP contribution in [0.3, 0.4) is 0 Å². The lowest BCUT2D eigenvalue weighted by molar-refractivity contribution is -0.150. The van der Waals surface area contributed by atoms with Crippen LogP contribution < -0.4 is 5.32 Å². The van der Waals surface area contributed by atoms with Gasteiger partial charge in [0.05, 0.1) is 0 Å². The lowest BCUT2D eigenvalue weighted by Gasteiger charge is -2.38. The molecule has 0 spiro atoms. The summed E-state index contributed by atoms with van der Waals surface area (Å²) in [6, 6.07) is 1.22. The van der Waals surface area contributed by atoms with Crippen molar-refractivity contribution in [3.05, 3.63) is 29.6 Å². The number of aromatic nitrogens is 1. The number of nitrogens with one attached hydrogen (secondary N) is 1. The van der Waals surface area contributed by atoms with Crippen molar-refractivity contribution in [2.45, 2.75) is 52.2 Å². The number of hydrogen-bond acceptors (Lipinski definition) is 3. The Morgan fingerprint density at radius 3 is 2.60 bits per heavy atom. The van der Waals surface area contributed by atoms with Gasteiger partial charge in [-0.3, -0.25) is 14.6 Å². The topological polar surface area (TPSA) is 62.3 Å². The number of hydrogen-bond donors (Lipinski definition) is 1. The zero-order chi connectivity index (χ0) is 14.7. The van der Waals surface area contributed by atoms with Gasteiger partial charge in [0.25, 0.3) is 0 Å². The molecule has 1 fully saturated rings. The summed E-state index contributed by atoms with van der Waals surface area (Å²) in [7, 11) is 0. The van der Waals surface area contributed by atoms with Crippen LogP contribution in [0.4, 0.5) is 0 Å². The minimum atomic E-state index is -0.400. The Hall–Kier alpha value is -1.91. The van der Waals surface area contributed by atoms with Gasteiger partial charge in [0, 0.05) is 18.9 Å². The molecule has 1 N–H and O–H groups in total. The van der Waals surface area contributed by atoms with Crippen LogP contribution in [0.25, 0.3) is 0 Å². The maximum atomic E-state index is 12.5. The number of carbonyl (C=O) groups is 2. The zero-order valence-corrected chi connectivity index (χ0v) is 12.2. The number of aryl methyl sites for hydroxylation is 1. The van der Waals surface area contributed by atoms with Crippen molar-refractivity contribution in [1.82, 2.24) is 15.2 Å². The predicted octanol–water partition coefficient (Wildman–Crippen LogP) is 1.41. The minimum absolute atomic E-state index is 0.000422. The number of amides is 2. The second kappa shape index (κ2) is 6.03. The molecule has 2 unspecified atom stereocenters. The zero-order valence-electron chi connectivity index (χ0n) is 12.2. The molecule has 0 aromatic carbocycles. The van der Waals surface area contributed by atoms with Gasteiger partial charge in [-0.1, -0.05) is 19.9 Å². The molecular formula is C15H21N3O2. The molecule has 2 atom stereocenters. The van der Waals surface area contributed by atoms with Crippen molar-refractivity contribution < 1.29 is 9.59 Å². The molecule has 1 aromatic heterocycles. The number of rotatable bonds is 4. The molecule has 5 heteroatoms. The van der Waals surface area contributed by atoms with E-state index < -0.39 is 6.04 Å². The molecule has 1 aromatic rings. The van der Waals surface area contributed by atoms with Crippen molar-refractivity contribution >= 4 is 11.8 Å². The van der Waals surface area contributed by atoms with Gasteiger partial charge < -0.3 is 10.2 Å². The van der Waals surface area contributed by atoms with Crippen molar-refractivity contribution in [3.8, 4) is 0 Å². The van der Waals surface area contributed by atoms with Gasteiger partial charge in [0.15, 0.2) is 0 Å². The van der Waals surface area contributed by atoms with Crippen LogP contribution >= 0.6 is 0 Å². The highest BCUT2D eigenvalue weighted by atomic mass is 16.2. The molecule has 0 saturated carbocycles. The fourth-order valence-electron chi connectivity index (χ4n) is 2.60. The Balaban J connectivity index is 2.24. The molecule has 5 nitrogen and oxygen atoms in total. The summed E-state index contributed by atoms with van der Waals surface area (Å²) in [5.41, 5.74) is 2.01. The van der Waals surface area contributed by atoms with Gasteiger partial charge in [-0.2, -0.15) is 0 Å². The van der Waals surface area contributed by atoms with Gasteiger partial charge in [-0.25, -0.2) is 0 Å². The van der Waals surface area contributed by atoms with E-state index in [0.717, 1.165) is 11.1 Å². The van der Waals surface area contributed by atoms with Crippen LogP contribution in [0.2, 0.25) is 0 Å². The fourth-order valence-corrected chi connectivity index (χ4v) is 2.60. The third-order valence-corrected chi connectivity index (χ3v) is 3.66. The van der Waals surface area contributed by atoms with Crippen molar-refractivity contribution in [2.24, 2.45) is 0 Å². The highest BCUT2D eigenvalue weighted by Crippen LogP contribution is 2.18. The second-order valence-electron chi connectivity index (χ2n) is 5.23. The first-order valence-corrected chi connectivity index (χ1v) is 7.08. The maximum Gasteiger partial charge on any atom is 0.246 e. The molecule has 2 rings (SSSR count). The standard InChI is InChI=1S/C15H21N3O2/c1-4-12-15(20)18(13(5-2)14(19)17-12)9-11-6-10(3)7-16-8-11/h6-8,12-13H,4-5,9H2,1-3H3,(H,17,19). The Labute approximate surface area is 119 Å². The summed E-state index contributed by atoms with van der Waals surface area (Å²) in [4.78, 5) is 30.4. The largest absolute Gasteiger partial charge is 0.343 e. The van der Waals surface area contributed by atoms with Crippen LogP contribution in [0, 0.1) is 6.92 Å². The first-order chi connectivity index (χ1) is 9.56. The molecule has 0 aliphatic carbocycles. The van der Waals surface area contributed by atoms with E-state index in [1.807, 2.05) is 26.8 Å². The van der Waals surface area contributed by atoms with Gasteiger partial charge in [-0.05, 0) is 30.9 Å². The van der Waals surface area contributed by atoms with Gasteiger partial charge in [0.1, 0.15) is 12.1 Å². The Morgan fingerprint density at radius 1 is 1.25 bits per heavy atom. The summed E-state index contributed by atoms with van der Waals surface area (Å²) in [5.74, 6) is -0.0555. The first-order valence-electron chi connectivity index (χ1n) is 7.08. The van der Waals surface area contributed by atoms with E-state index in [2.05, 4.69) is 10.3 Å². The highest BCUT2D eigenvalue weighted by molar-refractivity contribution is 5.96. The molecule has 2 heterocycles. The molecular weight excluding hydrogens is 254 g/mol. The average molecular weight is 275 g/mol.